The standard InChI is InChI=1S/C20H30N2O7S/c1-11(23)27-8-12-10-30-16-14(21-18(26)29-20(5,6)7)15(24)22(16)13(12)9-28-17(25)19(2,3)4/h14,16H,8-10H2,1-7H3,(H,21,26)/t14-,16-/m1/s1. The molecule has 0 saturated carbocycles. The molecule has 0 aromatic rings. The molecule has 2 amide bonds. The van der Waals surface area contributed by atoms with E-state index in [1.165, 1.54) is 23.6 Å². The second-order valence-electron chi connectivity index (χ2n) is 9.19. The molecule has 1 fully saturated rings. The van der Waals surface area contributed by atoms with E-state index in [1.807, 2.05) is 0 Å². The Morgan fingerprint density at radius 2 is 1.73 bits per heavy atom. The maximum atomic E-state index is 12.8. The second kappa shape index (κ2) is 8.87. The van der Waals surface area contributed by atoms with Crippen LogP contribution in [-0.4, -0.2) is 64.8 Å². The molecule has 1 saturated heterocycles. The molecule has 0 unspecified atom stereocenters. The van der Waals surface area contributed by atoms with E-state index >= 15 is 0 Å². The first-order valence-corrected chi connectivity index (χ1v) is 10.7. The zero-order chi connectivity index (χ0) is 22.9. The largest absolute Gasteiger partial charge is 0.461 e. The Balaban J connectivity index is 2.15. The van der Waals surface area contributed by atoms with Crippen molar-refractivity contribution in [3.05, 3.63) is 11.3 Å². The SMILES string of the molecule is CC(=O)OCC1=C(COC(=O)C(C)(C)C)N2C(=O)[C@@H](NC(=O)OC(C)(C)C)[C@H]2SC1. The summed E-state index contributed by atoms with van der Waals surface area (Å²) < 4.78 is 15.7. The van der Waals surface area contributed by atoms with Gasteiger partial charge in [0.25, 0.3) is 5.91 Å². The molecule has 0 radical (unpaired) electrons. The van der Waals surface area contributed by atoms with E-state index in [9.17, 15) is 19.2 Å². The Morgan fingerprint density at radius 1 is 1.10 bits per heavy atom. The number of carbonyl (C=O) groups is 4. The molecule has 2 rings (SSSR count). The van der Waals surface area contributed by atoms with Crippen molar-refractivity contribution in [3.8, 4) is 0 Å². The molecule has 2 aliphatic rings. The summed E-state index contributed by atoms with van der Waals surface area (Å²) in [5.74, 6) is -0.718. The monoisotopic (exact) mass is 442 g/mol. The van der Waals surface area contributed by atoms with E-state index in [0.29, 0.717) is 17.0 Å². The van der Waals surface area contributed by atoms with Gasteiger partial charge in [-0.1, -0.05) is 0 Å². The summed E-state index contributed by atoms with van der Waals surface area (Å²) in [7, 11) is 0. The van der Waals surface area contributed by atoms with Gasteiger partial charge in [0.2, 0.25) is 0 Å². The Labute approximate surface area is 180 Å². The normalized spacial score (nSPS) is 21.4. The van der Waals surface area contributed by atoms with Crippen LogP contribution < -0.4 is 5.32 Å². The number of fused-ring (bicyclic) bond motifs is 1. The van der Waals surface area contributed by atoms with E-state index in [0.717, 1.165) is 0 Å². The third-order valence-electron chi connectivity index (χ3n) is 4.24. The van der Waals surface area contributed by atoms with Gasteiger partial charge in [0.1, 0.15) is 30.2 Å². The number of β-lactam (4-membered cyclic amide) rings is 1. The fraction of sp³-hybridized carbons (Fsp3) is 0.700. The highest BCUT2D eigenvalue weighted by atomic mass is 32.2. The molecule has 2 aliphatic heterocycles. The molecule has 1 N–H and O–H groups in total. The fourth-order valence-electron chi connectivity index (χ4n) is 2.76. The summed E-state index contributed by atoms with van der Waals surface area (Å²) in [5, 5.41) is 2.26. The van der Waals surface area contributed by atoms with Crippen molar-refractivity contribution in [1.82, 2.24) is 10.2 Å². The van der Waals surface area contributed by atoms with Crippen molar-refractivity contribution in [2.45, 2.75) is 65.5 Å². The van der Waals surface area contributed by atoms with E-state index < -0.39 is 35.1 Å². The maximum Gasteiger partial charge on any atom is 0.408 e. The van der Waals surface area contributed by atoms with Crippen LogP contribution in [0.25, 0.3) is 0 Å². The molecule has 0 bridgehead atoms. The summed E-state index contributed by atoms with van der Waals surface area (Å²) in [4.78, 5) is 49.8. The van der Waals surface area contributed by atoms with Crippen LogP contribution in [-0.2, 0) is 28.6 Å². The van der Waals surface area contributed by atoms with Gasteiger partial charge in [-0.3, -0.25) is 19.3 Å². The van der Waals surface area contributed by atoms with Gasteiger partial charge in [0, 0.05) is 18.2 Å². The molecule has 10 heteroatoms. The van der Waals surface area contributed by atoms with Crippen molar-refractivity contribution in [2.75, 3.05) is 19.0 Å². The molecular weight excluding hydrogens is 412 g/mol. The minimum atomic E-state index is -0.742. The Morgan fingerprint density at radius 3 is 2.27 bits per heavy atom. The van der Waals surface area contributed by atoms with Crippen LogP contribution in [0, 0.1) is 5.41 Å². The zero-order valence-electron chi connectivity index (χ0n) is 18.5. The smallest absolute Gasteiger partial charge is 0.408 e. The highest BCUT2D eigenvalue weighted by Gasteiger charge is 2.53. The average Bonchev–Trinajstić information content (AvgIpc) is 2.59. The van der Waals surface area contributed by atoms with Crippen molar-refractivity contribution < 1.29 is 33.4 Å². The first-order chi connectivity index (χ1) is 13.7. The molecule has 2 atom stereocenters. The van der Waals surface area contributed by atoms with Crippen LogP contribution in [0.4, 0.5) is 4.79 Å². The van der Waals surface area contributed by atoms with Gasteiger partial charge < -0.3 is 19.5 Å². The topological polar surface area (TPSA) is 111 Å². The highest BCUT2D eigenvalue weighted by molar-refractivity contribution is 8.00. The lowest BCUT2D eigenvalue weighted by Crippen LogP contribution is -2.70. The van der Waals surface area contributed by atoms with Crippen LogP contribution in [0.5, 0.6) is 0 Å². The van der Waals surface area contributed by atoms with Gasteiger partial charge >= 0.3 is 18.0 Å². The molecule has 0 aromatic carbocycles. The van der Waals surface area contributed by atoms with Gasteiger partial charge in [0.15, 0.2) is 0 Å². The van der Waals surface area contributed by atoms with Gasteiger partial charge in [-0.15, -0.1) is 11.8 Å². The lowest BCUT2D eigenvalue weighted by molar-refractivity contribution is -0.154. The average molecular weight is 443 g/mol. The number of rotatable bonds is 5. The number of hydrogen-bond acceptors (Lipinski definition) is 8. The van der Waals surface area contributed by atoms with Crippen LogP contribution in [0.3, 0.4) is 0 Å². The predicted molar refractivity (Wildman–Crippen MR) is 110 cm³/mol. The Bertz CT molecular complexity index is 764. The third-order valence-corrected chi connectivity index (χ3v) is 5.58. The van der Waals surface area contributed by atoms with Crippen molar-refractivity contribution in [1.29, 1.82) is 0 Å². The number of amides is 2. The minimum absolute atomic E-state index is 0.00535. The molecule has 168 valence electrons. The lowest BCUT2D eigenvalue weighted by Gasteiger charge is -2.50. The Hall–Kier alpha value is -2.23. The molecule has 0 spiro atoms. The van der Waals surface area contributed by atoms with Gasteiger partial charge in [0.05, 0.1) is 11.1 Å². The number of ether oxygens (including phenoxy) is 3. The summed E-state index contributed by atoms with van der Waals surface area (Å²) >= 11 is 1.43. The minimum Gasteiger partial charge on any atom is -0.461 e. The summed E-state index contributed by atoms with van der Waals surface area (Å²) in [6, 6.07) is -0.742. The third kappa shape index (κ3) is 5.90. The lowest BCUT2D eigenvalue weighted by atomic mass is 9.97. The number of hydrogen-bond donors (Lipinski definition) is 1. The number of carbonyl (C=O) groups excluding carboxylic acids is 4. The van der Waals surface area contributed by atoms with E-state index in [1.54, 1.807) is 41.5 Å². The quantitative estimate of drug-likeness (QED) is 0.392. The first-order valence-electron chi connectivity index (χ1n) is 9.66. The van der Waals surface area contributed by atoms with Crippen molar-refractivity contribution >= 4 is 35.7 Å². The van der Waals surface area contributed by atoms with E-state index in [4.69, 9.17) is 14.2 Å². The highest BCUT2D eigenvalue weighted by Crippen LogP contribution is 2.40. The van der Waals surface area contributed by atoms with Gasteiger partial charge in [-0.25, -0.2) is 4.79 Å². The summed E-state index contributed by atoms with van der Waals surface area (Å²) in [5.41, 5.74) is -0.194. The molecule has 2 heterocycles. The number of nitrogens with zero attached hydrogens (tertiary/aromatic N) is 1. The molecule has 30 heavy (non-hydrogen) atoms. The summed E-state index contributed by atoms with van der Waals surface area (Å²) in [6.45, 7) is 11.6. The van der Waals surface area contributed by atoms with Gasteiger partial charge in [-0.2, -0.15) is 0 Å². The fourth-order valence-corrected chi connectivity index (χ4v) is 4.14. The van der Waals surface area contributed by atoms with Crippen LogP contribution >= 0.6 is 11.8 Å². The van der Waals surface area contributed by atoms with Gasteiger partial charge in [-0.05, 0) is 41.5 Å². The molecular formula is C20H30N2O7S. The number of nitrogens with one attached hydrogen (secondary N) is 1. The molecule has 9 nitrogen and oxygen atoms in total. The predicted octanol–water partition coefficient (Wildman–Crippen LogP) is 2.20. The van der Waals surface area contributed by atoms with Crippen molar-refractivity contribution in [2.24, 2.45) is 5.41 Å². The van der Waals surface area contributed by atoms with E-state index in [-0.39, 0.29) is 24.5 Å². The number of alkyl carbamates (subject to hydrolysis) is 1. The van der Waals surface area contributed by atoms with Crippen LogP contribution in [0.2, 0.25) is 0 Å². The Kier molecular flexibility index (Phi) is 7.11. The second-order valence-corrected chi connectivity index (χ2v) is 10.3. The molecule has 0 aromatic heterocycles. The number of esters is 2. The summed E-state index contributed by atoms with van der Waals surface area (Å²) in [6.07, 6.45) is -0.670. The van der Waals surface area contributed by atoms with E-state index in [2.05, 4.69) is 5.32 Å². The number of thioether (sulfide) groups is 1. The zero-order valence-corrected chi connectivity index (χ0v) is 19.3. The maximum absolute atomic E-state index is 12.8. The molecule has 0 aliphatic carbocycles. The van der Waals surface area contributed by atoms with Crippen LogP contribution in [0.15, 0.2) is 11.3 Å². The van der Waals surface area contributed by atoms with Crippen LogP contribution in [0.1, 0.15) is 48.5 Å². The van der Waals surface area contributed by atoms with Crippen molar-refractivity contribution in [3.63, 3.8) is 0 Å². The first kappa shape index (κ1) is 24.0.